The fraction of sp³-hybridized carbons (Fsp3) is 0.0588. The van der Waals surface area contributed by atoms with Gasteiger partial charge in [-0.05, 0) is 139 Å². The Hall–Kier alpha value is -13.7. The highest BCUT2D eigenvalue weighted by Gasteiger charge is 2.51. The van der Waals surface area contributed by atoms with E-state index in [-0.39, 0.29) is 11.2 Å². The summed E-state index contributed by atoms with van der Waals surface area (Å²) in [6.45, 7) is 8.34. The van der Waals surface area contributed by atoms with Gasteiger partial charge >= 0.3 is 7.12 Å². The summed E-state index contributed by atoms with van der Waals surface area (Å²) in [5.41, 5.74) is 25.0. The van der Waals surface area contributed by atoms with Crippen molar-refractivity contribution < 1.29 is 9.31 Å². The van der Waals surface area contributed by atoms with Crippen molar-refractivity contribution >= 4 is 99.5 Å². The minimum absolute atomic E-state index is 0.387. The molecule has 0 N–H and O–H groups in total. The second-order valence-corrected chi connectivity index (χ2v) is 29.8. The van der Waals surface area contributed by atoms with Crippen LogP contribution in [0.2, 0.25) is 0 Å². The Kier molecular flexibility index (Phi) is 16.4. The smallest absolute Gasteiger partial charge is 0.399 e. The molecule has 0 bridgehead atoms. The van der Waals surface area contributed by atoms with E-state index in [1.54, 1.807) is 0 Å². The van der Waals surface area contributed by atoms with Gasteiger partial charge in [-0.15, -0.1) is 0 Å². The monoisotopic (exact) mass is 1420 g/mol. The molecule has 9 heteroatoms. The molecule has 5 aromatic heterocycles. The van der Waals surface area contributed by atoms with Gasteiger partial charge < -0.3 is 18.4 Å². The summed E-state index contributed by atoms with van der Waals surface area (Å²) < 4.78 is 17.4. The van der Waals surface area contributed by atoms with Crippen LogP contribution in [0.15, 0.2) is 370 Å². The highest BCUT2D eigenvalue weighted by atomic mass is 16.7. The zero-order valence-corrected chi connectivity index (χ0v) is 61.8. The van der Waals surface area contributed by atoms with Crippen LogP contribution < -0.4 is 5.46 Å². The molecule has 0 aliphatic carbocycles. The maximum atomic E-state index is 6.33. The van der Waals surface area contributed by atoms with E-state index < -0.39 is 7.12 Å². The summed E-state index contributed by atoms with van der Waals surface area (Å²) in [4.78, 5) is 20.9. The number of aromatic nitrogens is 6. The first-order chi connectivity index (χ1) is 54.5. The Balaban J connectivity index is 0.000000150. The SMILES string of the molecule is CC1(C)OB(c2ccc(-c3nc4ccccc4c4c(-c5cccc(-n6c7ccccc7c7ccccc76)c5)cccc34)cc2)OC1(C)C.c1ccc(-c2cccc(-c3cc(-c4ccc(-c5nc6ccccc6c6c(-c7cccc(-n8c9ccccc9c9ccccc98)c7)cccc56)cc4)nc(-c4ccccc4)n3)c2)cc1. The molecule has 8 nitrogen and oxygen atoms in total. The summed E-state index contributed by atoms with van der Waals surface area (Å²) in [7, 11) is -0.404. The number of hydrogen-bond donors (Lipinski definition) is 0. The van der Waals surface area contributed by atoms with Gasteiger partial charge in [0.1, 0.15) is 0 Å². The normalized spacial score (nSPS) is 13.3. The van der Waals surface area contributed by atoms with Crippen molar-refractivity contribution in [1.82, 2.24) is 29.1 Å². The molecule has 0 spiro atoms. The first-order valence-corrected chi connectivity index (χ1v) is 38.0. The molecule has 0 unspecified atom stereocenters. The molecule has 1 fully saturated rings. The van der Waals surface area contributed by atoms with E-state index in [4.69, 9.17) is 29.2 Å². The van der Waals surface area contributed by atoms with Crippen LogP contribution >= 0.6 is 0 Å². The number of fused-ring (bicyclic) bond motifs is 12. The molecular formula is C102H73BN6O2. The highest BCUT2D eigenvalue weighted by Crippen LogP contribution is 2.45. The molecule has 0 amide bonds. The summed E-state index contributed by atoms with van der Waals surface area (Å²) in [6, 6.07) is 131. The van der Waals surface area contributed by atoms with Gasteiger partial charge in [0.25, 0.3) is 0 Å². The molecular weight excluding hydrogens is 1350 g/mol. The van der Waals surface area contributed by atoms with Crippen molar-refractivity contribution in [2.24, 2.45) is 0 Å². The van der Waals surface area contributed by atoms with Crippen LogP contribution in [0.4, 0.5) is 0 Å². The zero-order chi connectivity index (χ0) is 74.3. The van der Waals surface area contributed by atoms with Crippen LogP contribution in [0.25, 0.3) is 188 Å². The Labute approximate surface area is 644 Å². The summed E-state index contributed by atoms with van der Waals surface area (Å²) in [6.07, 6.45) is 0. The predicted molar refractivity (Wildman–Crippen MR) is 462 cm³/mol. The lowest BCUT2D eigenvalue weighted by molar-refractivity contribution is 0.00578. The van der Waals surface area contributed by atoms with Gasteiger partial charge in [0.15, 0.2) is 5.82 Å². The lowest BCUT2D eigenvalue weighted by Gasteiger charge is -2.32. The van der Waals surface area contributed by atoms with Gasteiger partial charge in [-0.3, -0.25) is 0 Å². The lowest BCUT2D eigenvalue weighted by Crippen LogP contribution is -2.41. The largest absolute Gasteiger partial charge is 0.494 e. The van der Waals surface area contributed by atoms with Crippen molar-refractivity contribution in [2.45, 2.75) is 38.9 Å². The van der Waals surface area contributed by atoms with Crippen LogP contribution in [0, 0.1) is 0 Å². The van der Waals surface area contributed by atoms with Gasteiger partial charge in [-0.1, -0.05) is 297 Å². The number of pyridine rings is 2. The predicted octanol–water partition coefficient (Wildman–Crippen LogP) is 25.4. The number of hydrogen-bond acceptors (Lipinski definition) is 6. The second kappa shape index (κ2) is 27.2. The minimum Gasteiger partial charge on any atom is -0.399 e. The molecule has 6 heterocycles. The van der Waals surface area contributed by atoms with Gasteiger partial charge in [-0.25, -0.2) is 19.9 Å². The van der Waals surface area contributed by atoms with Crippen molar-refractivity contribution in [3.63, 3.8) is 0 Å². The molecule has 1 aliphatic rings. The highest BCUT2D eigenvalue weighted by molar-refractivity contribution is 6.62. The first-order valence-electron chi connectivity index (χ1n) is 38.0. The molecule has 0 saturated carbocycles. The maximum Gasteiger partial charge on any atom is 0.494 e. The van der Waals surface area contributed by atoms with Crippen molar-refractivity contribution in [2.75, 3.05) is 0 Å². The molecule has 1 aliphatic heterocycles. The molecule has 20 aromatic rings. The van der Waals surface area contributed by atoms with Crippen molar-refractivity contribution in [3.05, 3.63) is 370 Å². The van der Waals surface area contributed by atoms with Gasteiger partial charge in [0, 0.05) is 93.1 Å². The van der Waals surface area contributed by atoms with E-state index >= 15 is 0 Å². The maximum absolute atomic E-state index is 6.33. The molecule has 111 heavy (non-hydrogen) atoms. The van der Waals surface area contributed by atoms with Crippen LogP contribution in [-0.4, -0.2) is 47.4 Å². The fourth-order valence-electron chi connectivity index (χ4n) is 16.5. The standard InChI is InChI=1S/C59H38N4.C43H35BN2O2/c1-3-16-39(17-4-1)43-20-13-22-45(36-43)54-38-53(61-59(62-54)42-18-5-2-6-19-42)40-32-34-41(35-33-40)58-51-28-15-27-47(57(51)50-26-7-10-29-52(50)60-58)44-21-14-23-46(37-44)63-55-30-11-8-24-48(55)49-25-9-12-31-56(49)63;1-42(2)43(3,4)48-44(47-42)30-25-23-28(24-26-30)41-36-19-12-18-32(40(36)35-17-5-8-20-37(35)45-41)29-13-11-14-31(27-29)46-38-21-9-6-15-33(38)34-16-7-10-22-39(34)46/h1-38H;5-27H,1-4H3. The van der Waals surface area contributed by atoms with E-state index in [0.29, 0.717) is 5.82 Å². The first kappa shape index (κ1) is 66.7. The molecule has 15 aromatic carbocycles. The average Bonchev–Trinajstić information content (AvgIpc) is 1.11. The lowest BCUT2D eigenvalue weighted by atomic mass is 9.78. The third-order valence-corrected chi connectivity index (χ3v) is 22.6. The molecule has 1 saturated heterocycles. The van der Waals surface area contributed by atoms with Crippen molar-refractivity contribution in [3.8, 4) is 101 Å². The van der Waals surface area contributed by atoms with E-state index in [0.717, 1.165) is 111 Å². The van der Waals surface area contributed by atoms with Gasteiger partial charge in [0.05, 0.1) is 67.1 Å². The fourth-order valence-corrected chi connectivity index (χ4v) is 16.5. The third-order valence-electron chi connectivity index (χ3n) is 22.6. The van der Waals surface area contributed by atoms with E-state index in [1.165, 1.54) is 76.6 Å². The van der Waals surface area contributed by atoms with Crippen LogP contribution in [-0.2, 0) is 9.31 Å². The summed E-state index contributed by atoms with van der Waals surface area (Å²) >= 11 is 0. The Morgan fingerprint density at radius 2 is 0.604 bits per heavy atom. The van der Waals surface area contributed by atoms with Gasteiger partial charge in [0.2, 0.25) is 0 Å². The summed E-state index contributed by atoms with van der Waals surface area (Å²) in [5.74, 6) is 0.689. The quantitative estimate of drug-likeness (QED) is 0.0948. The average molecular weight is 1430 g/mol. The van der Waals surface area contributed by atoms with E-state index in [9.17, 15) is 0 Å². The summed E-state index contributed by atoms with van der Waals surface area (Å²) in [5, 5.41) is 11.9. The second-order valence-electron chi connectivity index (χ2n) is 29.8. The Bertz CT molecular complexity index is 6910. The number of nitrogens with zero attached hydrogens (tertiary/aromatic N) is 6. The van der Waals surface area contributed by atoms with Crippen molar-refractivity contribution in [1.29, 1.82) is 0 Å². The Morgan fingerprint density at radius 3 is 1.08 bits per heavy atom. The van der Waals surface area contributed by atoms with E-state index in [1.807, 2.05) is 24.3 Å². The number of benzene rings is 15. The Morgan fingerprint density at radius 1 is 0.252 bits per heavy atom. The van der Waals surface area contributed by atoms with Crippen LogP contribution in [0.1, 0.15) is 27.7 Å². The molecule has 0 atom stereocenters. The number of rotatable bonds is 11. The number of para-hydroxylation sites is 6. The molecule has 21 rings (SSSR count). The third kappa shape index (κ3) is 11.8. The molecule has 526 valence electrons. The van der Waals surface area contributed by atoms with Gasteiger partial charge in [-0.2, -0.15) is 0 Å². The van der Waals surface area contributed by atoms with E-state index in [2.05, 4.69) is 383 Å². The zero-order valence-electron chi connectivity index (χ0n) is 61.8. The molecule has 0 radical (unpaired) electrons. The minimum atomic E-state index is -0.404. The van der Waals surface area contributed by atoms with Crippen LogP contribution in [0.5, 0.6) is 0 Å². The van der Waals surface area contributed by atoms with Crippen LogP contribution in [0.3, 0.4) is 0 Å². The topological polar surface area (TPSA) is 79.9 Å².